The highest BCUT2D eigenvalue weighted by molar-refractivity contribution is 5.79. The van der Waals surface area contributed by atoms with Gasteiger partial charge in [0.1, 0.15) is 6.54 Å². The van der Waals surface area contributed by atoms with E-state index in [-0.39, 0.29) is 23.8 Å². The zero-order valence-electron chi connectivity index (χ0n) is 10.5. The van der Waals surface area contributed by atoms with E-state index in [9.17, 15) is 18.0 Å². The molecule has 2 fully saturated rings. The summed E-state index contributed by atoms with van der Waals surface area (Å²) in [6.07, 6.45) is -1.80. The zero-order chi connectivity index (χ0) is 13.3. The van der Waals surface area contributed by atoms with Crippen molar-refractivity contribution in [2.75, 3.05) is 19.6 Å². The number of halogens is 3. The van der Waals surface area contributed by atoms with Gasteiger partial charge in [0, 0.05) is 12.6 Å². The van der Waals surface area contributed by atoms with Crippen LogP contribution in [0.15, 0.2) is 0 Å². The molecule has 1 aliphatic carbocycles. The molecule has 2 rings (SSSR count). The number of carbonyl (C=O) groups is 1. The van der Waals surface area contributed by atoms with Crippen molar-refractivity contribution in [1.29, 1.82) is 0 Å². The highest BCUT2D eigenvalue weighted by Crippen LogP contribution is 2.36. The van der Waals surface area contributed by atoms with Crippen molar-refractivity contribution in [3.8, 4) is 0 Å². The molecule has 1 aliphatic heterocycles. The van der Waals surface area contributed by atoms with E-state index in [1.807, 2.05) is 0 Å². The standard InChI is InChI=1S/C12H19F3N2O/c1-8(9-2-3-9)17(7-12(13,14)15)11(18)10-4-5-16-6-10/h8-10,16H,2-7H2,1H3. The van der Waals surface area contributed by atoms with Gasteiger partial charge < -0.3 is 10.2 Å². The zero-order valence-corrected chi connectivity index (χ0v) is 10.5. The highest BCUT2D eigenvalue weighted by Gasteiger charge is 2.42. The minimum atomic E-state index is -4.31. The fourth-order valence-corrected chi connectivity index (χ4v) is 2.55. The third-order valence-electron chi connectivity index (χ3n) is 3.84. The summed E-state index contributed by atoms with van der Waals surface area (Å²) < 4.78 is 37.8. The summed E-state index contributed by atoms with van der Waals surface area (Å²) in [6, 6.07) is -0.292. The Morgan fingerprint density at radius 2 is 2.06 bits per heavy atom. The van der Waals surface area contributed by atoms with Crippen LogP contribution in [0.4, 0.5) is 13.2 Å². The predicted molar refractivity (Wildman–Crippen MR) is 60.9 cm³/mol. The van der Waals surface area contributed by atoms with E-state index in [2.05, 4.69) is 5.32 Å². The molecule has 0 aromatic carbocycles. The minimum Gasteiger partial charge on any atom is -0.330 e. The number of hydrogen-bond acceptors (Lipinski definition) is 2. The van der Waals surface area contributed by atoms with Crippen LogP contribution in [0.25, 0.3) is 0 Å². The molecule has 1 saturated carbocycles. The Labute approximate surface area is 105 Å². The van der Waals surface area contributed by atoms with Crippen LogP contribution in [0.1, 0.15) is 26.2 Å². The summed E-state index contributed by atoms with van der Waals surface area (Å²) in [7, 11) is 0. The molecule has 0 aromatic heterocycles. The number of nitrogens with zero attached hydrogens (tertiary/aromatic N) is 1. The summed E-state index contributed by atoms with van der Waals surface area (Å²) in [5.41, 5.74) is 0. The van der Waals surface area contributed by atoms with Gasteiger partial charge in [-0.15, -0.1) is 0 Å². The summed E-state index contributed by atoms with van der Waals surface area (Å²) >= 11 is 0. The van der Waals surface area contributed by atoms with Gasteiger partial charge in [0.05, 0.1) is 5.92 Å². The smallest absolute Gasteiger partial charge is 0.330 e. The van der Waals surface area contributed by atoms with E-state index in [1.165, 1.54) is 0 Å². The van der Waals surface area contributed by atoms with E-state index >= 15 is 0 Å². The topological polar surface area (TPSA) is 32.3 Å². The summed E-state index contributed by atoms with van der Waals surface area (Å²) in [5.74, 6) is -0.365. The van der Waals surface area contributed by atoms with Gasteiger partial charge in [0.15, 0.2) is 0 Å². The molecule has 104 valence electrons. The first-order valence-corrected chi connectivity index (χ1v) is 6.46. The minimum absolute atomic E-state index is 0.255. The SMILES string of the molecule is CC(C1CC1)N(CC(F)(F)F)C(=O)C1CCNC1. The van der Waals surface area contributed by atoms with Crippen molar-refractivity contribution in [3.05, 3.63) is 0 Å². The number of amides is 1. The van der Waals surface area contributed by atoms with E-state index < -0.39 is 12.7 Å². The first kappa shape index (κ1) is 13.6. The van der Waals surface area contributed by atoms with Gasteiger partial charge in [-0.25, -0.2) is 0 Å². The summed E-state index contributed by atoms with van der Waals surface area (Å²) in [6.45, 7) is 1.85. The predicted octanol–water partition coefficient (Wildman–Crippen LogP) is 1.79. The third-order valence-corrected chi connectivity index (χ3v) is 3.84. The average Bonchev–Trinajstić information content (AvgIpc) is 2.98. The second kappa shape index (κ2) is 5.07. The van der Waals surface area contributed by atoms with Gasteiger partial charge in [0.2, 0.25) is 5.91 Å². The number of rotatable bonds is 4. The van der Waals surface area contributed by atoms with Gasteiger partial charge in [-0.3, -0.25) is 4.79 Å². The molecule has 2 aliphatic rings. The van der Waals surface area contributed by atoms with Crippen molar-refractivity contribution in [2.24, 2.45) is 11.8 Å². The lowest BCUT2D eigenvalue weighted by atomic mass is 10.0. The van der Waals surface area contributed by atoms with Crippen LogP contribution >= 0.6 is 0 Å². The maximum absolute atomic E-state index is 12.6. The first-order valence-electron chi connectivity index (χ1n) is 6.46. The number of carbonyl (C=O) groups excluding carboxylic acids is 1. The number of nitrogens with one attached hydrogen (secondary N) is 1. The van der Waals surface area contributed by atoms with Gasteiger partial charge in [-0.2, -0.15) is 13.2 Å². The third kappa shape index (κ3) is 3.37. The molecule has 1 N–H and O–H groups in total. The molecule has 0 bridgehead atoms. The number of alkyl halides is 3. The lowest BCUT2D eigenvalue weighted by Gasteiger charge is -2.32. The first-order chi connectivity index (χ1) is 8.38. The van der Waals surface area contributed by atoms with E-state index in [0.717, 1.165) is 17.7 Å². The molecule has 0 aromatic rings. The van der Waals surface area contributed by atoms with E-state index in [1.54, 1.807) is 6.92 Å². The van der Waals surface area contributed by atoms with Crippen molar-refractivity contribution in [1.82, 2.24) is 10.2 Å². The van der Waals surface area contributed by atoms with Crippen molar-refractivity contribution in [3.63, 3.8) is 0 Å². The van der Waals surface area contributed by atoms with E-state index in [4.69, 9.17) is 0 Å². The Hall–Kier alpha value is -0.780. The molecule has 0 spiro atoms. The van der Waals surface area contributed by atoms with Crippen LogP contribution in [-0.4, -0.2) is 42.7 Å². The quantitative estimate of drug-likeness (QED) is 0.839. The Morgan fingerprint density at radius 3 is 2.50 bits per heavy atom. The molecule has 1 amide bonds. The summed E-state index contributed by atoms with van der Waals surface area (Å²) in [4.78, 5) is 13.2. The largest absolute Gasteiger partial charge is 0.406 e. The van der Waals surface area contributed by atoms with Crippen LogP contribution in [0.2, 0.25) is 0 Å². The van der Waals surface area contributed by atoms with Crippen LogP contribution in [0, 0.1) is 11.8 Å². The molecule has 6 heteroatoms. The van der Waals surface area contributed by atoms with Gasteiger partial charge in [-0.1, -0.05) is 0 Å². The van der Waals surface area contributed by atoms with Crippen LogP contribution in [-0.2, 0) is 4.79 Å². The molecule has 1 saturated heterocycles. The highest BCUT2D eigenvalue weighted by atomic mass is 19.4. The van der Waals surface area contributed by atoms with Gasteiger partial charge in [0.25, 0.3) is 0 Å². The lowest BCUT2D eigenvalue weighted by molar-refractivity contribution is -0.168. The summed E-state index contributed by atoms with van der Waals surface area (Å²) in [5, 5.41) is 3.03. The Kier molecular flexibility index (Phi) is 3.84. The fourth-order valence-electron chi connectivity index (χ4n) is 2.55. The maximum Gasteiger partial charge on any atom is 0.406 e. The molecule has 0 radical (unpaired) electrons. The monoisotopic (exact) mass is 264 g/mol. The van der Waals surface area contributed by atoms with Crippen LogP contribution in [0.5, 0.6) is 0 Å². The average molecular weight is 264 g/mol. The lowest BCUT2D eigenvalue weighted by Crippen LogP contribution is -2.48. The molecular weight excluding hydrogens is 245 g/mol. The fraction of sp³-hybridized carbons (Fsp3) is 0.917. The Bertz CT molecular complexity index is 309. The molecule has 3 nitrogen and oxygen atoms in total. The van der Waals surface area contributed by atoms with Crippen molar-refractivity contribution < 1.29 is 18.0 Å². The molecular formula is C12H19F3N2O. The number of hydrogen-bond donors (Lipinski definition) is 1. The van der Waals surface area contributed by atoms with Crippen molar-refractivity contribution >= 4 is 5.91 Å². The van der Waals surface area contributed by atoms with Gasteiger partial charge in [-0.05, 0) is 38.6 Å². The second-order valence-corrected chi connectivity index (χ2v) is 5.35. The van der Waals surface area contributed by atoms with Crippen molar-refractivity contribution in [2.45, 2.75) is 38.4 Å². The molecule has 1 heterocycles. The van der Waals surface area contributed by atoms with E-state index in [0.29, 0.717) is 19.5 Å². The van der Waals surface area contributed by atoms with Crippen LogP contribution < -0.4 is 5.32 Å². The Balaban J connectivity index is 2.04. The molecule has 2 atom stereocenters. The molecule has 18 heavy (non-hydrogen) atoms. The second-order valence-electron chi connectivity index (χ2n) is 5.35. The molecule has 2 unspecified atom stereocenters. The normalized spacial score (nSPS) is 26.1. The van der Waals surface area contributed by atoms with Gasteiger partial charge >= 0.3 is 6.18 Å². The van der Waals surface area contributed by atoms with Crippen LogP contribution in [0.3, 0.4) is 0 Å². The Morgan fingerprint density at radius 1 is 1.39 bits per heavy atom. The maximum atomic E-state index is 12.6.